The molecule has 0 N–H and O–H groups in total. The number of alkyl halides is 1. The third kappa shape index (κ3) is 2.71. The van der Waals surface area contributed by atoms with E-state index in [1.807, 2.05) is 6.07 Å². The van der Waals surface area contributed by atoms with Crippen molar-refractivity contribution in [3.63, 3.8) is 0 Å². The van der Waals surface area contributed by atoms with E-state index in [-0.39, 0.29) is 23.4 Å². The van der Waals surface area contributed by atoms with E-state index in [2.05, 4.69) is 4.74 Å². The molecule has 0 atom stereocenters. The fraction of sp³-hybridized carbons (Fsp3) is 0.273. The molecule has 0 aromatic heterocycles. The zero-order valence-electron chi connectivity index (χ0n) is 8.59. The Morgan fingerprint density at radius 1 is 1.56 bits per heavy atom. The lowest BCUT2D eigenvalue weighted by molar-refractivity contribution is -0.139. The molecule has 0 fully saturated rings. The quantitative estimate of drug-likeness (QED) is 0.602. The van der Waals surface area contributed by atoms with E-state index < -0.39 is 11.8 Å². The van der Waals surface area contributed by atoms with Crippen molar-refractivity contribution in [1.29, 1.82) is 5.26 Å². The van der Waals surface area contributed by atoms with Crippen LogP contribution in [0.15, 0.2) is 12.1 Å². The molecule has 0 saturated heterocycles. The van der Waals surface area contributed by atoms with Gasteiger partial charge in [-0.05, 0) is 17.7 Å². The van der Waals surface area contributed by atoms with Crippen LogP contribution in [0.4, 0.5) is 4.39 Å². The third-order valence-electron chi connectivity index (χ3n) is 2.10. The number of hydrogen-bond donors (Lipinski definition) is 0. The van der Waals surface area contributed by atoms with Gasteiger partial charge in [0.1, 0.15) is 5.82 Å². The van der Waals surface area contributed by atoms with Gasteiger partial charge in [0.25, 0.3) is 0 Å². The lowest BCUT2D eigenvalue weighted by Gasteiger charge is -2.06. The Morgan fingerprint density at radius 2 is 2.25 bits per heavy atom. The average Bonchev–Trinajstić information content (AvgIpc) is 2.30. The first kappa shape index (κ1) is 12.5. The first-order valence-electron chi connectivity index (χ1n) is 4.46. The molecule has 0 radical (unpaired) electrons. The number of hydrogen-bond acceptors (Lipinski definition) is 3. The Bertz CT molecular complexity index is 454. The second-order valence-corrected chi connectivity index (χ2v) is 3.37. The summed E-state index contributed by atoms with van der Waals surface area (Å²) >= 11 is 5.53. The number of halogens is 2. The zero-order valence-corrected chi connectivity index (χ0v) is 9.34. The van der Waals surface area contributed by atoms with Crippen molar-refractivity contribution >= 4 is 17.6 Å². The molecule has 0 heterocycles. The number of esters is 1. The van der Waals surface area contributed by atoms with Gasteiger partial charge in [0.2, 0.25) is 0 Å². The van der Waals surface area contributed by atoms with Crippen molar-refractivity contribution in [3.05, 3.63) is 34.6 Å². The molecule has 84 valence electrons. The number of rotatable bonds is 3. The molecule has 0 spiro atoms. The van der Waals surface area contributed by atoms with Crippen LogP contribution in [0.1, 0.15) is 16.7 Å². The molecule has 0 amide bonds. The van der Waals surface area contributed by atoms with E-state index >= 15 is 0 Å². The van der Waals surface area contributed by atoms with E-state index in [9.17, 15) is 9.18 Å². The van der Waals surface area contributed by atoms with Crippen molar-refractivity contribution in [2.45, 2.75) is 12.3 Å². The van der Waals surface area contributed by atoms with Crippen LogP contribution in [0.2, 0.25) is 0 Å². The largest absolute Gasteiger partial charge is 0.469 e. The van der Waals surface area contributed by atoms with Crippen LogP contribution in [0, 0.1) is 17.1 Å². The molecule has 0 saturated carbocycles. The number of benzene rings is 1. The SMILES string of the molecule is COC(=O)Cc1cc(CCl)c(F)cc1C#N. The molecule has 3 nitrogen and oxygen atoms in total. The van der Waals surface area contributed by atoms with Gasteiger partial charge in [-0.1, -0.05) is 0 Å². The molecule has 0 aliphatic rings. The van der Waals surface area contributed by atoms with Crippen molar-refractivity contribution in [2.24, 2.45) is 0 Å². The molecule has 1 rings (SSSR count). The second kappa shape index (κ2) is 5.47. The minimum Gasteiger partial charge on any atom is -0.469 e. The number of nitrogens with zero attached hydrogens (tertiary/aromatic N) is 1. The smallest absolute Gasteiger partial charge is 0.310 e. The normalized spacial score (nSPS) is 9.62. The topological polar surface area (TPSA) is 50.1 Å². The molecule has 0 unspecified atom stereocenters. The zero-order chi connectivity index (χ0) is 12.1. The van der Waals surface area contributed by atoms with Crippen molar-refractivity contribution in [3.8, 4) is 6.07 Å². The van der Waals surface area contributed by atoms with Gasteiger partial charge in [-0.3, -0.25) is 4.79 Å². The van der Waals surface area contributed by atoms with E-state index in [1.165, 1.54) is 13.2 Å². The number of nitriles is 1. The Kier molecular flexibility index (Phi) is 4.27. The maximum atomic E-state index is 13.3. The second-order valence-electron chi connectivity index (χ2n) is 3.10. The fourth-order valence-electron chi connectivity index (χ4n) is 1.25. The molecule has 0 aliphatic heterocycles. The molecule has 5 heteroatoms. The van der Waals surface area contributed by atoms with Crippen molar-refractivity contribution < 1.29 is 13.9 Å². The van der Waals surface area contributed by atoms with Crippen LogP contribution in [0.3, 0.4) is 0 Å². The van der Waals surface area contributed by atoms with Gasteiger partial charge in [-0.2, -0.15) is 5.26 Å². The van der Waals surface area contributed by atoms with Gasteiger partial charge in [0.05, 0.1) is 31.0 Å². The summed E-state index contributed by atoms with van der Waals surface area (Å²) in [4.78, 5) is 11.1. The summed E-state index contributed by atoms with van der Waals surface area (Å²) in [5, 5.41) is 8.79. The lowest BCUT2D eigenvalue weighted by atomic mass is 10.0. The monoisotopic (exact) mass is 241 g/mol. The van der Waals surface area contributed by atoms with E-state index in [0.717, 1.165) is 6.07 Å². The highest BCUT2D eigenvalue weighted by atomic mass is 35.5. The molecule has 1 aromatic rings. The number of carbonyl (C=O) groups excluding carboxylic acids is 1. The number of ether oxygens (including phenoxy) is 1. The van der Waals surface area contributed by atoms with Crippen molar-refractivity contribution in [1.82, 2.24) is 0 Å². The van der Waals surface area contributed by atoms with Crippen LogP contribution in [0.5, 0.6) is 0 Å². The first-order chi connectivity index (χ1) is 7.62. The van der Waals surface area contributed by atoms with Crippen LogP contribution < -0.4 is 0 Å². The van der Waals surface area contributed by atoms with E-state index in [1.54, 1.807) is 0 Å². The van der Waals surface area contributed by atoms with E-state index in [0.29, 0.717) is 5.56 Å². The van der Waals surface area contributed by atoms with Crippen LogP contribution >= 0.6 is 11.6 Å². The minimum absolute atomic E-state index is 0.00822. The highest BCUT2D eigenvalue weighted by Gasteiger charge is 2.12. The summed E-state index contributed by atoms with van der Waals surface area (Å²) < 4.78 is 17.8. The number of carbonyl (C=O) groups is 1. The van der Waals surface area contributed by atoms with Gasteiger partial charge in [0, 0.05) is 5.56 Å². The standard InChI is InChI=1S/C11H9ClFNO2/c1-16-11(15)4-7-2-8(5-12)10(13)3-9(7)6-14/h2-3H,4-5H2,1H3. The average molecular weight is 242 g/mol. The maximum Gasteiger partial charge on any atom is 0.310 e. The molecule has 16 heavy (non-hydrogen) atoms. The number of methoxy groups -OCH3 is 1. The Hall–Kier alpha value is -1.60. The Morgan fingerprint density at radius 3 is 2.75 bits per heavy atom. The van der Waals surface area contributed by atoms with Gasteiger partial charge >= 0.3 is 5.97 Å². The Balaban J connectivity index is 3.16. The van der Waals surface area contributed by atoms with Gasteiger partial charge < -0.3 is 4.74 Å². The first-order valence-corrected chi connectivity index (χ1v) is 5.00. The predicted molar refractivity (Wildman–Crippen MR) is 56.4 cm³/mol. The summed E-state index contributed by atoms with van der Waals surface area (Å²) in [6, 6.07) is 4.32. The van der Waals surface area contributed by atoms with Gasteiger partial charge in [0.15, 0.2) is 0 Å². The minimum atomic E-state index is -0.542. The molecule has 0 aliphatic carbocycles. The summed E-state index contributed by atoms with van der Waals surface area (Å²) in [7, 11) is 1.25. The van der Waals surface area contributed by atoms with Crippen molar-refractivity contribution in [2.75, 3.05) is 7.11 Å². The van der Waals surface area contributed by atoms with Crippen LogP contribution in [-0.4, -0.2) is 13.1 Å². The molecule has 1 aromatic carbocycles. The summed E-state index contributed by atoms with van der Waals surface area (Å²) in [5.74, 6) is -1.03. The molecule has 0 bridgehead atoms. The summed E-state index contributed by atoms with van der Waals surface area (Å²) in [6.07, 6.45) is -0.0659. The summed E-state index contributed by atoms with van der Waals surface area (Å²) in [6.45, 7) is 0. The highest BCUT2D eigenvalue weighted by molar-refractivity contribution is 6.17. The predicted octanol–water partition coefficient (Wildman–Crippen LogP) is 2.15. The molecular weight excluding hydrogens is 233 g/mol. The lowest BCUT2D eigenvalue weighted by Crippen LogP contribution is -2.07. The molecular formula is C11H9ClFNO2. The van der Waals surface area contributed by atoms with E-state index in [4.69, 9.17) is 16.9 Å². The summed E-state index contributed by atoms with van der Waals surface area (Å²) in [5.41, 5.74) is 0.808. The van der Waals surface area contributed by atoms with Gasteiger partial charge in [-0.15, -0.1) is 11.6 Å². The maximum absolute atomic E-state index is 13.3. The van der Waals surface area contributed by atoms with Crippen LogP contribution in [0.25, 0.3) is 0 Å². The highest BCUT2D eigenvalue weighted by Crippen LogP contribution is 2.18. The Labute approximate surface area is 97.4 Å². The fourth-order valence-corrected chi connectivity index (χ4v) is 1.45. The van der Waals surface area contributed by atoms with Crippen LogP contribution in [-0.2, 0) is 21.8 Å². The third-order valence-corrected chi connectivity index (χ3v) is 2.39. The van der Waals surface area contributed by atoms with Gasteiger partial charge in [-0.25, -0.2) is 4.39 Å².